The van der Waals surface area contributed by atoms with Crippen molar-refractivity contribution in [1.82, 2.24) is 5.32 Å². The first-order valence-electron chi connectivity index (χ1n) is 6.91. The van der Waals surface area contributed by atoms with Crippen molar-refractivity contribution in [2.24, 2.45) is 0 Å². The number of carbonyl (C=O) groups excluding carboxylic acids is 1. The molecule has 104 valence electrons. The molecule has 4 heteroatoms. The molecule has 0 saturated heterocycles. The molecule has 1 saturated carbocycles. The lowest BCUT2D eigenvalue weighted by atomic mass is 9.92. The quantitative estimate of drug-likeness (QED) is 0.852. The normalized spacial score (nSPS) is 22.8. The zero-order valence-electron chi connectivity index (χ0n) is 11.0. The SMILES string of the molecule is O=C(CCOc1ccccc1)NC1CCCCC1O. The van der Waals surface area contributed by atoms with E-state index in [0.29, 0.717) is 13.0 Å². The molecule has 1 aliphatic rings. The van der Waals surface area contributed by atoms with E-state index in [0.717, 1.165) is 31.4 Å². The van der Waals surface area contributed by atoms with Gasteiger partial charge in [0.1, 0.15) is 5.75 Å². The second-order valence-electron chi connectivity index (χ2n) is 4.94. The van der Waals surface area contributed by atoms with Gasteiger partial charge in [-0.1, -0.05) is 31.0 Å². The number of hydrogen-bond acceptors (Lipinski definition) is 3. The maximum atomic E-state index is 11.7. The number of rotatable bonds is 5. The number of hydrogen-bond donors (Lipinski definition) is 2. The minimum Gasteiger partial charge on any atom is -0.493 e. The fraction of sp³-hybridized carbons (Fsp3) is 0.533. The van der Waals surface area contributed by atoms with Gasteiger partial charge in [-0.15, -0.1) is 0 Å². The maximum absolute atomic E-state index is 11.7. The second kappa shape index (κ2) is 7.14. The van der Waals surface area contributed by atoms with E-state index in [1.807, 2.05) is 30.3 Å². The molecule has 1 aliphatic carbocycles. The molecule has 0 radical (unpaired) electrons. The van der Waals surface area contributed by atoms with Crippen LogP contribution in [-0.2, 0) is 4.79 Å². The molecule has 1 aromatic rings. The molecule has 2 rings (SSSR count). The lowest BCUT2D eigenvalue weighted by Crippen LogP contribution is -2.45. The highest BCUT2D eigenvalue weighted by molar-refractivity contribution is 5.76. The average Bonchev–Trinajstić information content (AvgIpc) is 2.43. The molecule has 0 bridgehead atoms. The van der Waals surface area contributed by atoms with Gasteiger partial charge >= 0.3 is 0 Å². The minimum atomic E-state index is -0.396. The van der Waals surface area contributed by atoms with Crippen LogP contribution in [0.5, 0.6) is 5.75 Å². The monoisotopic (exact) mass is 263 g/mol. The van der Waals surface area contributed by atoms with Gasteiger partial charge in [0.15, 0.2) is 0 Å². The summed E-state index contributed by atoms with van der Waals surface area (Å²) in [5, 5.41) is 12.7. The van der Waals surface area contributed by atoms with Crippen molar-refractivity contribution in [3.05, 3.63) is 30.3 Å². The average molecular weight is 263 g/mol. The van der Waals surface area contributed by atoms with E-state index in [2.05, 4.69) is 5.32 Å². The lowest BCUT2D eigenvalue weighted by Gasteiger charge is -2.28. The fourth-order valence-electron chi connectivity index (χ4n) is 2.34. The van der Waals surface area contributed by atoms with Gasteiger partial charge in [-0.25, -0.2) is 0 Å². The predicted molar refractivity (Wildman–Crippen MR) is 73.0 cm³/mol. The molecule has 0 aliphatic heterocycles. The van der Waals surface area contributed by atoms with Gasteiger partial charge in [0, 0.05) is 0 Å². The molecule has 2 unspecified atom stereocenters. The van der Waals surface area contributed by atoms with Crippen molar-refractivity contribution in [3.63, 3.8) is 0 Å². The summed E-state index contributed by atoms with van der Waals surface area (Å²) in [6, 6.07) is 9.36. The van der Waals surface area contributed by atoms with Gasteiger partial charge in [0.05, 0.1) is 25.2 Å². The number of para-hydroxylation sites is 1. The third-order valence-corrected chi connectivity index (χ3v) is 3.42. The Bertz CT molecular complexity index is 394. The first-order chi connectivity index (χ1) is 9.25. The van der Waals surface area contributed by atoms with Crippen LogP contribution < -0.4 is 10.1 Å². The van der Waals surface area contributed by atoms with Crippen LogP contribution in [0.25, 0.3) is 0 Å². The van der Waals surface area contributed by atoms with E-state index in [-0.39, 0.29) is 11.9 Å². The molecule has 0 spiro atoms. The van der Waals surface area contributed by atoms with Gasteiger partial charge in [0.2, 0.25) is 5.91 Å². The van der Waals surface area contributed by atoms with Gasteiger partial charge < -0.3 is 15.2 Å². The molecule has 4 nitrogen and oxygen atoms in total. The number of aliphatic hydroxyl groups is 1. The summed E-state index contributed by atoms with van der Waals surface area (Å²) in [4.78, 5) is 11.7. The predicted octanol–water partition coefficient (Wildman–Crippen LogP) is 1.88. The van der Waals surface area contributed by atoms with Crippen molar-refractivity contribution in [2.45, 2.75) is 44.2 Å². The molecule has 2 N–H and O–H groups in total. The van der Waals surface area contributed by atoms with E-state index in [1.54, 1.807) is 0 Å². The van der Waals surface area contributed by atoms with Gasteiger partial charge in [-0.3, -0.25) is 4.79 Å². The van der Waals surface area contributed by atoms with E-state index < -0.39 is 6.10 Å². The molecule has 0 aromatic heterocycles. The summed E-state index contributed by atoms with van der Waals surface area (Å²) in [5.74, 6) is 0.717. The van der Waals surface area contributed by atoms with E-state index in [4.69, 9.17) is 4.74 Å². The summed E-state index contributed by atoms with van der Waals surface area (Å²) in [6.07, 6.45) is 3.69. The number of ether oxygens (including phenoxy) is 1. The maximum Gasteiger partial charge on any atom is 0.223 e. The van der Waals surface area contributed by atoms with Crippen molar-refractivity contribution < 1.29 is 14.6 Å². The van der Waals surface area contributed by atoms with Gasteiger partial charge in [-0.05, 0) is 25.0 Å². The summed E-state index contributed by atoms with van der Waals surface area (Å²) in [6.45, 7) is 0.360. The van der Waals surface area contributed by atoms with Crippen LogP contribution in [0, 0.1) is 0 Å². The highest BCUT2D eigenvalue weighted by atomic mass is 16.5. The van der Waals surface area contributed by atoms with Crippen molar-refractivity contribution in [3.8, 4) is 5.75 Å². The van der Waals surface area contributed by atoms with Crippen LogP contribution in [0.2, 0.25) is 0 Å². The van der Waals surface area contributed by atoms with Crippen molar-refractivity contribution in [1.29, 1.82) is 0 Å². The smallest absolute Gasteiger partial charge is 0.223 e. The highest BCUT2D eigenvalue weighted by Crippen LogP contribution is 2.18. The Morgan fingerprint density at radius 2 is 2.00 bits per heavy atom. The van der Waals surface area contributed by atoms with Crippen LogP contribution >= 0.6 is 0 Å². The van der Waals surface area contributed by atoms with Crippen molar-refractivity contribution in [2.75, 3.05) is 6.61 Å². The Balaban J connectivity index is 1.67. The fourth-order valence-corrected chi connectivity index (χ4v) is 2.34. The number of nitrogens with one attached hydrogen (secondary N) is 1. The molecule has 19 heavy (non-hydrogen) atoms. The molecule has 1 amide bonds. The van der Waals surface area contributed by atoms with Gasteiger partial charge in [-0.2, -0.15) is 0 Å². The molecule has 1 fully saturated rings. The van der Waals surface area contributed by atoms with Gasteiger partial charge in [0.25, 0.3) is 0 Å². The number of amides is 1. The minimum absolute atomic E-state index is 0.0538. The molecule has 0 heterocycles. The number of aliphatic hydroxyl groups excluding tert-OH is 1. The summed E-state index contributed by atoms with van der Waals surface area (Å²) >= 11 is 0. The van der Waals surface area contributed by atoms with Crippen LogP contribution in [0.3, 0.4) is 0 Å². The van der Waals surface area contributed by atoms with Crippen LogP contribution in [0.4, 0.5) is 0 Å². The molecular weight excluding hydrogens is 242 g/mol. The first-order valence-corrected chi connectivity index (χ1v) is 6.91. The Morgan fingerprint density at radius 1 is 1.26 bits per heavy atom. The van der Waals surface area contributed by atoms with E-state index >= 15 is 0 Å². The summed E-state index contributed by atoms with van der Waals surface area (Å²) in [5.41, 5.74) is 0. The molecule has 2 atom stereocenters. The third-order valence-electron chi connectivity index (χ3n) is 3.42. The first kappa shape index (κ1) is 13.9. The molecular formula is C15H21NO3. The van der Waals surface area contributed by atoms with E-state index in [9.17, 15) is 9.90 Å². The summed E-state index contributed by atoms with van der Waals surface area (Å²) < 4.78 is 5.47. The zero-order valence-corrected chi connectivity index (χ0v) is 11.0. The van der Waals surface area contributed by atoms with Crippen LogP contribution in [0.1, 0.15) is 32.1 Å². The largest absolute Gasteiger partial charge is 0.493 e. The number of carbonyl (C=O) groups is 1. The highest BCUT2D eigenvalue weighted by Gasteiger charge is 2.24. The Kier molecular flexibility index (Phi) is 5.21. The topological polar surface area (TPSA) is 58.6 Å². The summed E-state index contributed by atoms with van der Waals surface area (Å²) in [7, 11) is 0. The van der Waals surface area contributed by atoms with Crippen LogP contribution in [0.15, 0.2) is 30.3 Å². The second-order valence-corrected chi connectivity index (χ2v) is 4.94. The Morgan fingerprint density at radius 3 is 2.74 bits per heavy atom. The van der Waals surface area contributed by atoms with E-state index in [1.165, 1.54) is 0 Å². The number of benzene rings is 1. The Labute approximate surface area is 113 Å². The van der Waals surface area contributed by atoms with Crippen LogP contribution in [-0.4, -0.2) is 29.8 Å². The lowest BCUT2D eigenvalue weighted by molar-refractivity contribution is -0.123. The third kappa shape index (κ3) is 4.56. The Hall–Kier alpha value is -1.55. The standard InChI is InChI=1S/C15H21NO3/c17-14-9-5-4-8-13(14)16-15(18)10-11-19-12-6-2-1-3-7-12/h1-3,6-7,13-14,17H,4-5,8-11H2,(H,16,18). The molecule has 1 aromatic carbocycles. The van der Waals surface area contributed by atoms with Crippen molar-refractivity contribution >= 4 is 5.91 Å². The zero-order chi connectivity index (χ0) is 13.5.